The second kappa shape index (κ2) is 6.63. The lowest BCUT2D eigenvalue weighted by Gasteiger charge is -2.12. The molecule has 0 fully saturated rings. The van der Waals surface area contributed by atoms with Crippen LogP contribution in [0.2, 0.25) is 0 Å². The molecule has 4 nitrogen and oxygen atoms in total. The minimum Gasteiger partial charge on any atom is -0.481 e. The van der Waals surface area contributed by atoms with Gasteiger partial charge in [0.25, 0.3) is 6.43 Å². The first-order chi connectivity index (χ1) is 8.51. The third-order valence-electron chi connectivity index (χ3n) is 2.14. The third kappa shape index (κ3) is 3.38. The highest BCUT2D eigenvalue weighted by Crippen LogP contribution is 2.36. The Bertz CT molecular complexity index is 441. The number of halogens is 3. The zero-order valence-electron chi connectivity index (χ0n) is 9.87. The summed E-state index contributed by atoms with van der Waals surface area (Å²) in [4.78, 5) is 15.1. The molecule has 0 aliphatic carbocycles. The first-order valence-corrected chi connectivity index (χ1v) is 5.95. The van der Waals surface area contributed by atoms with Crippen LogP contribution in [0.15, 0.2) is 10.7 Å². The summed E-state index contributed by atoms with van der Waals surface area (Å²) in [5.41, 5.74) is -0.0242. The summed E-state index contributed by atoms with van der Waals surface area (Å²) in [6, 6.07) is 0. The van der Waals surface area contributed by atoms with E-state index in [4.69, 9.17) is 9.47 Å². The van der Waals surface area contributed by atoms with Crippen LogP contribution in [0.3, 0.4) is 0 Å². The van der Waals surface area contributed by atoms with Crippen molar-refractivity contribution in [3.63, 3.8) is 0 Å². The molecular formula is C11H12BrF2NO3. The van der Waals surface area contributed by atoms with Crippen LogP contribution in [0, 0.1) is 0 Å². The molecule has 0 N–H and O–H groups in total. The van der Waals surface area contributed by atoms with Crippen molar-refractivity contribution in [2.24, 2.45) is 0 Å². The number of esters is 1. The van der Waals surface area contributed by atoms with E-state index < -0.39 is 12.4 Å². The quantitative estimate of drug-likeness (QED) is 0.782. The van der Waals surface area contributed by atoms with Crippen LogP contribution in [0.5, 0.6) is 5.88 Å². The highest BCUT2D eigenvalue weighted by Gasteiger charge is 2.22. The molecule has 1 heterocycles. The predicted molar refractivity (Wildman–Crippen MR) is 63.8 cm³/mol. The monoisotopic (exact) mass is 323 g/mol. The maximum Gasteiger partial charge on any atom is 0.310 e. The number of alkyl halides is 2. The second-order valence-corrected chi connectivity index (χ2v) is 4.10. The van der Waals surface area contributed by atoms with Gasteiger partial charge in [-0.25, -0.2) is 13.8 Å². The van der Waals surface area contributed by atoms with Gasteiger partial charge in [0, 0.05) is 10.7 Å². The average molecular weight is 324 g/mol. The molecule has 1 aromatic rings. The van der Waals surface area contributed by atoms with Crippen LogP contribution in [-0.4, -0.2) is 24.7 Å². The molecule has 100 valence electrons. The highest BCUT2D eigenvalue weighted by molar-refractivity contribution is 9.10. The summed E-state index contributed by atoms with van der Waals surface area (Å²) in [5.74, 6) is -0.658. The zero-order chi connectivity index (χ0) is 13.7. The minimum atomic E-state index is -2.75. The molecule has 0 bridgehead atoms. The van der Waals surface area contributed by atoms with Crippen LogP contribution < -0.4 is 4.74 Å². The van der Waals surface area contributed by atoms with Gasteiger partial charge in [-0.3, -0.25) is 4.79 Å². The number of nitrogens with zero attached hydrogens (tertiary/aromatic N) is 1. The molecule has 0 amide bonds. The minimum absolute atomic E-state index is 0.120. The summed E-state index contributed by atoms with van der Waals surface area (Å²) < 4.78 is 35.4. The van der Waals surface area contributed by atoms with E-state index in [1.807, 2.05) is 0 Å². The lowest BCUT2D eigenvalue weighted by atomic mass is 10.1. The van der Waals surface area contributed by atoms with Crippen molar-refractivity contribution >= 4 is 21.9 Å². The Hall–Kier alpha value is -1.24. The summed E-state index contributed by atoms with van der Waals surface area (Å²) in [6.07, 6.45) is -1.55. The van der Waals surface area contributed by atoms with Crippen molar-refractivity contribution in [2.75, 3.05) is 13.7 Å². The number of methoxy groups -OCH3 is 1. The third-order valence-corrected chi connectivity index (χ3v) is 3.07. The molecule has 0 spiro atoms. The van der Waals surface area contributed by atoms with E-state index in [1.165, 1.54) is 13.3 Å². The number of hydrogen-bond donors (Lipinski definition) is 0. The standard InChI is InChI=1S/C11H12BrF2NO3/c1-3-18-7(16)4-6-5-15-11(17-2)8(9(6)12)10(13)14/h5,10H,3-4H2,1-2H3. The number of ether oxygens (including phenoxy) is 2. The molecule has 7 heteroatoms. The highest BCUT2D eigenvalue weighted by atomic mass is 79.9. The molecule has 0 aliphatic rings. The maximum atomic E-state index is 12.9. The zero-order valence-corrected chi connectivity index (χ0v) is 11.5. The van der Waals surface area contributed by atoms with Gasteiger partial charge in [0.1, 0.15) is 0 Å². The Balaban J connectivity index is 3.08. The van der Waals surface area contributed by atoms with Crippen molar-refractivity contribution in [3.05, 3.63) is 21.8 Å². The van der Waals surface area contributed by atoms with Gasteiger partial charge in [-0.1, -0.05) is 0 Å². The van der Waals surface area contributed by atoms with Crippen molar-refractivity contribution < 1.29 is 23.0 Å². The van der Waals surface area contributed by atoms with Crippen LogP contribution in [0.1, 0.15) is 24.5 Å². The van der Waals surface area contributed by atoms with Crippen molar-refractivity contribution in [1.82, 2.24) is 4.98 Å². The Morgan fingerprint density at radius 3 is 2.72 bits per heavy atom. The molecule has 1 rings (SSSR count). The molecule has 0 atom stereocenters. The summed E-state index contributed by atoms with van der Waals surface area (Å²) in [5, 5.41) is 0. The molecule has 0 unspecified atom stereocenters. The normalized spacial score (nSPS) is 10.6. The molecule has 0 aliphatic heterocycles. The van der Waals surface area contributed by atoms with E-state index in [0.29, 0.717) is 5.56 Å². The number of rotatable bonds is 5. The van der Waals surface area contributed by atoms with Gasteiger partial charge >= 0.3 is 5.97 Å². The molecule has 1 aromatic heterocycles. The van der Waals surface area contributed by atoms with Gasteiger partial charge in [-0.15, -0.1) is 0 Å². The SMILES string of the molecule is CCOC(=O)Cc1cnc(OC)c(C(F)F)c1Br. The Kier molecular flexibility index (Phi) is 5.46. The molecule has 0 radical (unpaired) electrons. The number of carbonyl (C=O) groups is 1. The second-order valence-electron chi connectivity index (χ2n) is 3.30. The Morgan fingerprint density at radius 1 is 1.56 bits per heavy atom. The van der Waals surface area contributed by atoms with Crippen LogP contribution in [0.4, 0.5) is 8.78 Å². The van der Waals surface area contributed by atoms with Gasteiger partial charge in [0.2, 0.25) is 5.88 Å². The van der Waals surface area contributed by atoms with Crippen LogP contribution in [-0.2, 0) is 16.0 Å². The molecule has 0 saturated heterocycles. The van der Waals surface area contributed by atoms with E-state index in [1.54, 1.807) is 6.92 Å². The van der Waals surface area contributed by atoms with Crippen LogP contribution >= 0.6 is 15.9 Å². The number of hydrogen-bond acceptors (Lipinski definition) is 4. The molecule has 0 saturated carbocycles. The molecular weight excluding hydrogens is 312 g/mol. The van der Waals surface area contributed by atoms with Crippen molar-refractivity contribution in [3.8, 4) is 5.88 Å². The topological polar surface area (TPSA) is 48.4 Å². The predicted octanol–water partition coefficient (Wildman–Crippen LogP) is 2.90. The van der Waals surface area contributed by atoms with E-state index in [-0.39, 0.29) is 28.9 Å². The summed E-state index contributed by atoms with van der Waals surface area (Å²) in [7, 11) is 1.26. The number of pyridine rings is 1. The van der Waals surface area contributed by atoms with Gasteiger partial charge in [-0.2, -0.15) is 0 Å². The summed E-state index contributed by atoms with van der Waals surface area (Å²) >= 11 is 3.05. The summed E-state index contributed by atoms with van der Waals surface area (Å²) in [6.45, 7) is 1.91. The van der Waals surface area contributed by atoms with Crippen molar-refractivity contribution in [2.45, 2.75) is 19.8 Å². The Labute approximate surface area is 111 Å². The molecule has 0 aromatic carbocycles. The van der Waals surface area contributed by atoms with E-state index in [9.17, 15) is 13.6 Å². The van der Waals surface area contributed by atoms with E-state index in [0.717, 1.165) is 0 Å². The van der Waals surface area contributed by atoms with Gasteiger partial charge in [-0.05, 0) is 28.4 Å². The fourth-order valence-corrected chi connectivity index (χ4v) is 1.96. The Morgan fingerprint density at radius 2 is 2.22 bits per heavy atom. The largest absolute Gasteiger partial charge is 0.481 e. The van der Waals surface area contributed by atoms with Gasteiger partial charge < -0.3 is 9.47 Å². The van der Waals surface area contributed by atoms with E-state index >= 15 is 0 Å². The lowest BCUT2D eigenvalue weighted by molar-refractivity contribution is -0.142. The number of carbonyl (C=O) groups excluding carboxylic acids is 1. The average Bonchev–Trinajstić information content (AvgIpc) is 2.31. The van der Waals surface area contributed by atoms with Crippen LogP contribution in [0.25, 0.3) is 0 Å². The smallest absolute Gasteiger partial charge is 0.310 e. The first kappa shape index (κ1) is 14.8. The van der Waals surface area contributed by atoms with E-state index in [2.05, 4.69) is 20.9 Å². The fraction of sp³-hybridized carbons (Fsp3) is 0.455. The fourth-order valence-electron chi connectivity index (χ4n) is 1.37. The first-order valence-electron chi connectivity index (χ1n) is 5.16. The maximum absolute atomic E-state index is 12.9. The molecule has 18 heavy (non-hydrogen) atoms. The van der Waals surface area contributed by atoms with Gasteiger partial charge in [0.05, 0.1) is 25.7 Å². The van der Waals surface area contributed by atoms with Gasteiger partial charge in [0.15, 0.2) is 0 Å². The van der Waals surface area contributed by atoms with Crippen molar-refractivity contribution in [1.29, 1.82) is 0 Å². The lowest BCUT2D eigenvalue weighted by Crippen LogP contribution is -2.10. The number of aromatic nitrogens is 1.